The van der Waals surface area contributed by atoms with Gasteiger partial charge in [0.15, 0.2) is 11.5 Å². The first-order chi connectivity index (χ1) is 9.36. The van der Waals surface area contributed by atoms with Crippen molar-refractivity contribution in [3.05, 3.63) is 48.4 Å². The van der Waals surface area contributed by atoms with Gasteiger partial charge in [0.2, 0.25) is 0 Å². The van der Waals surface area contributed by atoms with Crippen molar-refractivity contribution in [1.29, 1.82) is 0 Å². The zero-order chi connectivity index (χ0) is 13.1. The van der Waals surface area contributed by atoms with Crippen LogP contribution in [-0.2, 0) is 6.42 Å². The average Bonchev–Trinajstić information content (AvgIpc) is 2.97. The lowest BCUT2D eigenvalue weighted by Crippen LogP contribution is -2.47. The highest BCUT2D eigenvalue weighted by atomic mass is 16.6. The molecule has 2 atom stereocenters. The Hall–Kier alpha value is -1.94. The molecule has 2 heterocycles. The summed E-state index contributed by atoms with van der Waals surface area (Å²) in [5.74, 6) is 2.56. The molecule has 3 rings (SSSR count). The number of hydrogen-bond donors (Lipinski definition) is 1. The molecular formula is C15H17NO3. The molecule has 0 spiro atoms. The Morgan fingerprint density at radius 3 is 2.79 bits per heavy atom. The van der Waals surface area contributed by atoms with Crippen LogP contribution in [-0.4, -0.2) is 25.8 Å². The lowest BCUT2D eigenvalue weighted by Gasteiger charge is -2.31. The number of benzene rings is 1. The van der Waals surface area contributed by atoms with Crippen LogP contribution in [0.5, 0.6) is 11.5 Å². The summed E-state index contributed by atoms with van der Waals surface area (Å²) in [7, 11) is 1.93. The zero-order valence-corrected chi connectivity index (χ0v) is 10.8. The molecule has 0 aliphatic carbocycles. The average molecular weight is 259 g/mol. The van der Waals surface area contributed by atoms with Crippen molar-refractivity contribution in [1.82, 2.24) is 5.32 Å². The van der Waals surface area contributed by atoms with E-state index in [0.29, 0.717) is 6.61 Å². The maximum Gasteiger partial charge on any atom is 0.161 e. The van der Waals surface area contributed by atoms with E-state index in [0.717, 1.165) is 23.7 Å². The maximum absolute atomic E-state index is 6.00. The highest BCUT2D eigenvalue weighted by Crippen LogP contribution is 2.31. The molecule has 1 aromatic carbocycles. The molecule has 0 fully saturated rings. The van der Waals surface area contributed by atoms with Gasteiger partial charge in [0.05, 0.1) is 12.3 Å². The Kier molecular flexibility index (Phi) is 3.42. The van der Waals surface area contributed by atoms with Gasteiger partial charge >= 0.3 is 0 Å². The molecule has 19 heavy (non-hydrogen) atoms. The van der Waals surface area contributed by atoms with Gasteiger partial charge in [-0.2, -0.15) is 0 Å². The fourth-order valence-corrected chi connectivity index (χ4v) is 2.30. The highest BCUT2D eigenvalue weighted by molar-refractivity contribution is 5.40. The van der Waals surface area contributed by atoms with Gasteiger partial charge in [0.1, 0.15) is 18.5 Å². The van der Waals surface area contributed by atoms with Gasteiger partial charge in [-0.25, -0.2) is 0 Å². The van der Waals surface area contributed by atoms with E-state index >= 15 is 0 Å². The SMILES string of the molecule is CNC(Cc1ccco1)C1COc2ccccc2O1. The summed E-state index contributed by atoms with van der Waals surface area (Å²) in [6, 6.07) is 11.8. The Morgan fingerprint density at radius 1 is 1.21 bits per heavy atom. The number of fused-ring (bicyclic) bond motifs is 1. The summed E-state index contributed by atoms with van der Waals surface area (Å²) >= 11 is 0. The first-order valence-electron chi connectivity index (χ1n) is 6.45. The third-order valence-corrected chi connectivity index (χ3v) is 3.35. The van der Waals surface area contributed by atoms with Crippen LogP contribution >= 0.6 is 0 Å². The van der Waals surface area contributed by atoms with Crippen LogP contribution in [0.25, 0.3) is 0 Å². The second kappa shape index (κ2) is 5.36. The fraction of sp³-hybridized carbons (Fsp3) is 0.333. The normalized spacial score (nSPS) is 19.1. The monoisotopic (exact) mass is 259 g/mol. The molecule has 4 heteroatoms. The van der Waals surface area contributed by atoms with E-state index in [-0.39, 0.29) is 12.1 Å². The van der Waals surface area contributed by atoms with E-state index in [9.17, 15) is 0 Å². The molecule has 2 unspecified atom stereocenters. The van der Waals surface area contributed by atoms with Gasteiger partial charge in [-0.3, -0.25) is 0 Å². The predicted molar refractivity (Wildman–Crippen MR) is 71.6 cm³/mol. The lowest BCUT2D eigenvalue weighted by molar-refractivity contribution is 0.0627. The minimum atomic E-state index is -0.0231. The van der Waals surface area contributed by atoms with Crippen LogP contribution in [0.1, 0.15) is 5.76 Å². The van der Waals surface area contributed by atoms with Crippen LogP contribution in [0.3, 0.4) is 0 Å². The maximum atomic E-state index is 6.00. The minimum absolute atomic E-state index is 0.0231. The lowest BCUT2D eigenvalue weighted by atomic mass is 10.1. The van der Waals surface area contributed by atoms with E-state index in [2.05, 4.69) is 5.32 Å². The number of furan rings is 1. The van der Waals surface area contributed by atoms with E-state index in [1.807, 2.05) is 43.4 Å². The van der Waals surface area contributed by atoms with Gasteiger partial charge in [-0.15, -0.1) is 0 Å². The number of ether oxygens (including phenoxy) is 2. The predicted octanol–water partition coefficient (Wildman–Crippen LogP) is 2.25. The van der Waals surface area contributed by atoms with Gasteiger partial charge in [-0.1, -0.05) is 12.1 Å². The molecule has 1 N–H and O–H groups in total. The van der Waals surface area contributed by atoms with Crippen LogP contribution in [0, 0.1) is 0 Å². The summed E-state index contributed by atoms with van der Waals surface area (Å²) < 4.78 is 17.1. The third-order valence-electron chi connectivity index (χ3n) is 3.35. The van der Waals surface area contributed by atoms with Crippen molar-refractivity contribution in [3.63, 3.8) is 0 Å². The zero-order valence-electron chi connectivity index (χ0n) is 10.8. The summed E-state index contributed by atoms with van der Waals surface area (Å²) in [4.78, 5) is 0. The molecule has 100 valence electrons. The van der Waals surface area contributed by atoms with Crippen molar-refractivity contribution in [2.75, 3.05) is 13.7 Å². The van der Waals surface area contributed by atoms with Crippen molar-refractivity contribution in [3.8, 4) is 11.5 Å². The number of likely N-dealkylation sites (N-methyl/N-ethyl adjacent to an activating group) is 1. The summed E-state index contributed by atoms with van der Waals surface area (Å²) in [5, 5.41) is 3.28. The van der Waals surface area contributed by atoms with Crippen LogP contribution in [0.2, 0.25) is 0 Å². The van der Waals surface area contributed by atoms with Crippen LogP contribution in [0.4, 0.5) is 0 Å². The summed E-state index contributed by atoms with van der Waals surface area (Å²) in [6.45, 7) is 0.545. The number of hydrogen-bond acceptors (Lipinski definition) is 4. The first-order valence-corrected chi connectivity index (χ1v) is 6.45. The molecule has 1 aromatic heterocycles. The van der Waals surface area contributed by atoms with Crippen molar-refractivity contribution < 1.29 is 13.9 Å². The molecule has 0 bridgehead atoms. The molecule has 1 aliphatic rings. The van der Waals surface area contributed by atoms with E-state index in [4.69, 9.17) is 13.9 Å². The molecule has 4 nitrogen and oxygen atoms in total. The third kappa shape index (κ3) is 2.58. The topological polar surface area (TPSA) is 43.6 Å². The summed E-state index contributed by atoms with van der Waals surface area (Å²) in [5.41, 5.74) is 0. The quantitative estimate of drug-likeness (QED) is 0.914. The van der Waals surface area contributed by atoms with Gasteiger partial charge in [0.25, 0.3) is 0 Å². The van der Waals surface area contributed by atoms with Crippen molar-refractivity contribution >= 4 is 0 Å². The second-order valence-electron chi connectivity index (χ2n) is 4.59. The largest absolute Gasteiger partial charge is 0.486 e. The minimum Gasteiger partial charge on any atom is -0.486 e. The van der Waals surface area contributed by atoms with Gasteiger partial charge < -0.3 is 19.2 Å². The Morgan fingerprint density at radius 2 is 2.05 bits per heavy atom. The molecule has 0 saturated carbocycles. The van der Waals surface area contributed by atoms with E-state index in [1.165, 1.54) is 0 Å². The Bertz CT molecular complexity index is 524. The number of para-hydroxylation sites is 2. The molecular weight excluding hydrogens is 242 g/mol. The second-order valence-corrected chi connectivity index (χ2v) is 4.59. The van der Waals surface area contributed by atoms with Gasteiger partial charge in [0, 0.05) is 6.42 Å². The van der Waals surface area contributed by atoms with E-state index < -0.39 is 0 Å². The molecule has 0 radical (unpaired) electrons. The molecule has 0 amide bonds. The smallest absolute Gasteiger partial charge is 0.161 e. The van der Waals surface area contributed by atoms with Crippen molar-refractivity contribution in [2.45, 2.75) is 18.6 Å². The fourth-order valence-electron chi connectivity index (χ4n) is 2.30. The number of rotatable bonds is 4. The molecule has 1 aliphatic heterocycles. The summed E-state index contributed by atoms with van der Waals surface area (Å²) in [6.07, 6.45) is 2.44. The van der Waals surface area contributed by atoms with Gasteiger partial charge in [-0.05, 0) is 31.3 Å². The van der Waals surface area contributed by atoms with Crippen LogP contribution < -0.4 is 14.8 Å². The Balaban J connectivity index is 1.72. The highest BCUT2D eigenvalue weighted by Gasteiger charge is 2.28. The van der Waals surface area contributed by atoms with Crippen LogP contribution in [0.15, 0.2) is 47.1 Å². The molecule has 0 saturated heterocycles. The number of nitrogens with one attached hydrogen (secondary N) is 1. The molecule has 2 aromatic rings. The standard InChI is InChI=1S/C15H17NO3/c1-16-12(9-11-5-4-8-17-11)15-10-18-13-6-2-3-7-14(13)19-15/h2-8,12,15-16H,9-10H2,1H3. The first kappa shape index (κ1) is 12.1. The Labute approximate surface area is 112 Å². The van der Waals surface area contributed by atoms with Crippen molar-refractivity contribution in [2.24, 2.45) is 0 Å². The van der Waals surface area contributed by atoms with E-state index in [1.54, 1.807) is 6.26 Å².